The van der Waals surface area contributed by atoms with Gasteiger partial charge in [-0.3, -0.25) is 4.79 Å². The van der Waals surface area contributed by atoms with Gasteiger partial charge in [-0.25, -0.2) is 0 Å². The molecule has 134 valence electrons. The summed E-state index contributed by atoms with van der Waals surface area (Å²) < 4.78 is 5.32. The predicted octanol–water partition coefficient (Wildman–Crippen LogP) is 4.24. The molecule has 0 aliphatic heterocycles. The van der Waals surface area contributed by atoms with E-state index in [1.165, 1.54) is 11.1 Å². The zero-order chi connectivity index (χ0) is 18.8. The lowest BCUT2D eigenvalue weighted by Gasteiger charge is -2.17. The highest BCUT2D eigenvalue weighted by molar-refractivity contribution is 5.95. The third-order valence-electron chi connectivity index (χ3n) is 4.57. The van der Waals surface area contributed by atoms with Crippen LogP contribution in [0, 0.1) is 27.7 Å². The van der Waals surface area contributed by atoms with E-state index in [4.69, 9.17) is 4.52 Å². The molecule has 1 aromatic heterocycles. The number of amides is 1. The van der Waals surface area contributed by atoms with Crippen molar-refractivity contribution < 1.29 is 9.32 Å². The Kier molecular flexibility index (Phi) is 4.89. The molecule has 0 N–H and O–H groups in total. The Hall–Kier alpha value is -2.95. The average molecular weight is 349 g/mol. The van der Waals surface area contributed by atoms with Crippen LogP contribution in [-0.2, 0) is 6.54 Å². The zero-order valence-electron chi connectivity index (χ0n) is 15.8. The van der Waals surface area contributed by atoms with Crippen molar-refractivity contribution in [3.05, 3.63) is 70.1 Å². The summed E-state index contributed by atoms with van der Waals surface area (Å²) in [6.45, 7) is 8.31. The van der Waals surface area contributed by atoms with Gasteiger partial charge in [0.25, 0.3) is 5.91 Å². The molecule has 3 aromatic rings. The van der Waals surface area contributed by atoms with Crippen LogP contribution in [0.1, 0.15) is 38.5 Å². The molecular weight excluding hydrogens is 326 g/mol. The van der Waals surface area contributed by atoms with Crippen LogP contribution in [0.25, 0.3) is 11.4 Å². The van der Waals surface area contributed by atoms with Crippen LogP contribution in [0.5, 0.6) is 0 Å². The Bertz CT molecular complexity index is 942. The molecule has 26 heavy (non-hydrogen) atoms. The first kappa shape index (κ1) is 17.9. The van der Waals surface area contributed by atoms with Crippen LogP contribution in [0.2, 0.25) is 0 Å². The van der Waals surface area contributed by atoms with Gasteiger partial charge in [-0.15, -0.1) is 0 Å². The number of carbonyl (C=O) groups is 1. The summed E-state index contributed by atoms with van der Waals surface area (Å²) >= 11 is 0. The molecule has 5 nitrogen and oxygen atoms in total. The van der Waals surface area contributed by atoms with Crippen LogP contribution < -0.4 is 0 Å². The zero-order valence-corrected chi connectivity index (χ0v) is 15.8. The number of aryl methyl sites for hydroxylation is 4. The Morgan fingerprint density at radius 1 is 1.00 bits per heavy atom. The largest absolute Gasteiger partial charge is 0.337 e. The molecule has 0 atom stereocenters. The van der Waals surface area contributed by atoms with E-state index in [1.807, 2.05) is 64.1 Å². The van der Waals surface area contributed by atoms with E-state index in [0.29, 0.717) is 17.3 Å². The molecule has 0 bridgehead atoms. The third kappa shape index (κ3) is 3.67. The van der Waals surface area contributed by atoms with Gasteiger partial charge >= 0.3 is 0 Å². The first-order valence-electron chi connectivity index (χ1n) is 8.58. The van der Waals surface area contributed by atoms with E-state index in [2.05, 4.69) is 10.1 Å². The fourth-order valence-electron chi connectivity index (χ4n) is 2.81. The Morgan fingerprint density at radius 2 is 1.65 bits per heavy atom. The second-order valence-corrected chi connectivity index (χ2v) is 6.79. The summed E-state index contributed by atoms with van der Waals surface area (Å²) in [5.74, 6) is 0.891. The minimum atomic E-state index is -0.0549. The summed E-state index contributed by atoms with van der Waals surface area (Å²) in [6, 6.07) is 11.9. The van der Waals surface area contributed by atoms with Crippen LogP contribution >= 0.6 is 0 Å². The number of carbonyl (C=O) groups excluding carboxylic acids is 1. The second-order valence-electron chi connectivity index (χ2n) is 6.79. The summed E-state index contributed by atoms with van der Waals surface area (Å²) in [4.78, 5) is 18.8. The average Bonchev–Trinajstić information content (AvgIpc) is 3.06. The maximum absolute atomic E-state index is 12.8. The first-order valence-corrected chi connectivity index (χ1v) is 8.58. The third-order valence-corrected chi connectivity index (χ3v) is 4.57. The molecule has 0 radical (unpaired) electrons. The monoisotopic (exact) mass is 349 g/mol. The molecule has 0 spiro atoms. The summed E-state index contributed by atoms with van der Waals surface area (Å²) in [7, 11) is 1.74. The van der Waals surface area contributed by atoms with Crippen molar-refractivity contribution in [1.82, 2.24) is 15.0 Å². The first-order chi connectivity index (χ1) is 12.3. The Morgan fingerprint density at radius 3 is 2.35 bits per heavy atom. The lowest BCUT2D eigenvalue weighted by atomic mass is 10.00. The topological polar surface area (TPSA) is 59.2 Å². The lowest BCUT2D eigenvalue weighted by molar-refractivity contribution is 0.0768. The molecule has 5 heteroatoms. The standard InChI is InChI=1S/C21H23N3O2/c1-13-6-8-17(9-7-13)20-22-19(26-23-20)12-24(5)21(25)18-11-15(3)14(2)10-16(18)4/h6-11H,12H2,1-5H3. The molecule has 0 fully saturated rings. The molecule has 1 amide bonds. The molecule has 0 aliphatic rings. The molecule has 0 saturated carbocycles. The number of aromatic nitrogens is 2. The van der Waals surface area contributed by atoms with Crippen molar-refractivity contribution in [3.63, 3.8) is 0 Å². The minimum Gasteiger partial charge on any atom is -0.337 e. The minimum absolute atomic E-state index is 0.0549. The molecule has 0 saturated heterocycles. The molecule has 2 aromatic carbocycles. The van der Waals surface area contributed by atoms with Crippen molar-refractivity contribution in [3.8, 4) is 11.4 Å². The molecular formula is C21H23N3O2. The number of nitrogens with zero attached hydrogens (tertiary/aromatic N) is 3. The second kappa shape index (κ2) is 7.12. The Labute approximate surface area is 153 Å². The van der Waals surface area contributed by atoms with Gasteiger partial charge in [0.15, 0.2) is 0 Å². The Balaban J connectivity index is 1.76. The van der Waals surface area contributed by atoms with E-state index >= 15 is 0 Å². The van der Waals surface area contributed by atoms with Crippen molar-refractivity contribution in [2.75, 3.05) is 7.05 Å². The van der Waals surface area contributed by atoms with Gasteiger partial charge < -0.3 is 9.42 Å². The van der Waals surface area contributed by atoms with E-state index in [1.54, 1.807) is 11.9 Å². The van der Waals surface area contributed by atoms with E-state index in [-0.39, 0.29) is 12.5 Å². The fourth-order valence-corrected chi connectivity index (χ4v) is 2.81. The highest BCUT2D eigenvalue weighted by Crippen LogP contribution is 2.19. The predicted molar refractivity (Wildman–Crippen MR) is 101 cm³/mol. The van der Waals surface area contributed by atoms with E-state index < -0.39 is 0 Å². The summed E-state index contributed by atoms with van der Waals surface area (Å²) in [5, 5.41) is 4.02. The van der Waals surface area contributed by atoms with Gasteiger partial charge in [-0.05, 0) is 50.5 Å². The quantitative estimate of drug-likeness (QED) is 0.707. The van der Waals surface area contributed by atoms with Crippen molar-refractivity contribution in [1.29, 1.82) is 0 Å². The summed E-state index contributed by atoms with van der Waals surface area (Å²) in [5.41, 5.74) is 6.02. The van der Waals surface area contributed by atoms with Gasteiger partial charge in [0, 0.05) is 18.2 Å². The highest BCUT2D eigenvalue weighted by Gasteiger charge is 2.18. The SMILES string of the molecule is Cc1ccc(-c2noc(CN(C)C(=O)c3cc(C)c(C)cc3C)n2)cc1. The molecule has 0 unspecified atom stereocenters. The smallest absolute Gasteiger partial charge is 0.254 e. The molecule has 1 heterocycles. The summed E-state index contributed by atoms with van der Waals surface area (Å²) in [6.07, 6.45) is 0. The molecule has 3 rings (SSSR count). The number of benzene rings is 2. The number of rotatable bonds is 4. The van der Waals surface area contributed by atoms with E-state index in [0.717, 1.165) is 16.7 Å². The van der Waals surface area contributed by atoms with Crippen LogP contribution in [0.15, 0.2) is 40.9 Å². The maximum atomic E-state index is 12.8. The van der Waals surface area contributed by atoms with Gasteiger partial charge in [0.05, 0.1) is 6.54 Å². The molecule has 0 aliphatic carbocycles. The van der Waals surface area contributed by atoms with Crippen LogP contribution in [0.4, 0.5) is 0 Å². The van der Waals surface area contributed by atoms with Crippen molar-refractivity contribution in [2.45, 2.75) is 34.2 Å². The van der Waals surface area contributed by atoms with Crippen molar-refractivity contribution in [2.24, 2.45) is 0 Å². The fraction of sp³-hybridized carbons (Fsp3) is 0.286. The number of hydrogen-bond acceptors (Lipinski definition) is 4. The normalized spacial score (nSPS) is 10.8. The van der Waals surface area contributed by atoms with Crippen LogP contribution in [-0.4, -0.2) is 28.0 Å². The van der Waals surface area contributed by atoms with Crippen molar-refractivity contribution >= 4 is 5.91 Å². The van der Waals surface area contributed by atoms with Gasteiger partial charge in [-0.1, -0.05) is 41.1 Å². The van der Waals surface area contributed by atoms with Gasteiger partial charge in [0.2, 0.25) is 11.7 Å². The number of hydrogen-bond donors (Lipinski definition) is 0. The van der Waals surface area contributed by atoms with Crippen LogP contribution in [0.3, 0.4) is 0 Å². The van der Waals surface area contributed by atoms with Gasteiger partial charge in [-0.2, -0.15) is 4.98 Å². The van der Waals surface area contributed by atoms with Gasteiger partial charge in [0.1, 0.15) is 0 Å². The maximum Gasteiger partial charge on any atom is 0.254 e. The van der Waals surface area contributed by atoms with E-state index in [9.17, 15) is 4.79 Å². The lowest BCUT2D eigenvalue weighted by Crippen LogP contribution is -2.27. The highest BCUT2D eigenvalue weighted by atomic mass is 16.5.